The summed E-state index contributed by atoms with van der Waals surface area (Å²) in [6.45, 7) is 4.18. The van der Waals surface area contributed by atoms with Crippen molar-refractivity contribution in [1.29, 1.82) is 0 Å². The van der Waals surface area contributed by atoms with E-state index in [2.05, 4.69) is 25.2 Å². The van der Waals surface area contributed by atoms with E-state index in [0.717, 1.165) is 30.6 Å². The summed E-state index contributed by atoms with van der Waals surface area (Å²) in [4.78, 5) is 13.0. The van der Waals surface area contributed by atoms with Crippen molar-refractivity contribution in [3.05, 3.63) is 29.8 Å². The Kier molecular flexibility index (Phi) is 4.27. The maximum Gasteiger partial charge on any atom is 0.223 e. The monoisotopic (exact) mass is 342 g/mol. The maximum atomic E-state index is 13.0. The second-order valence-corrected chi connectivity index (χ2v) is 8.86. The van der Waals surface area contributed by atoms with Crippen molar-refractivity contribution >= 4 is 5.91 Å². The van der Waals surface area contributed by atoms with Gasteiger partial charge >= 0.3 is 0 Å². The van der Waals surface area contributed by atoms with Crippen LogP contribution in [0.3, 0.4) is 0 Å². The Bertz CT molecular complexity index is 643. The molecule has 0 spiro atoms. The van der Waals surface area contributed by atoms with E-state index in [4.69, 9.17) is 10.5 Å². The van der Waals surface area contributed by atoms with E-state index in [-0.39, 0.29) is 23.5 Å². The number of hydrogen-bond donors (Lipinski definition) is 2. The number of carbonyl (C=O) groups excluding carboxylic acids is 1. The molecule has 3 unspecified atom stereocenters. The zero-order chi connectivity index (χ0) is 17.6. The van der Waals surface area contributed by atoms with Crippen LogP contribution in [0.2, 0.25) is 0 Å². The van der Waals surface area contributed by atoms with Crippen LogP contribution in [0.15, 0.2) is 24.3 Å². The molecule has 2 fully saturated rings. The van der Waals surface area contributed by atoms with E-state index >= 15 is 0 Å². The Labute approximate surface area is 150 Å². The number of hydrogen-bond acceptors (Lipinski definition) is 3. The third kappa shape index (κ3) is 3.29. The molecule has 0 aromatic heterocycles. The van der Waals surface area contributed by atoms with Crippen molar-refractivity contribution in [2.45, 2.75) is 70.1 Å². The van der Waals surface area contributed by atoms with Gasteiger partial charge in [-0.1, -0.05) is 24.6 Å². The fraction of sp³-hybridized carbons (Fsp3) is 0.667. The molecule has 3 N–H and O–H groups in total. The van der Waals surface area contributed by atoms with Crippen molar-refractivity contribution in [3.8, 4) is 5.75 Å². The second kappa shape index (κ2) is 6.31. The minimum Gasteiger partial charge on any atom is -0.487 e. The smallest absolute Gasteiger partial charge is 0.223 e. The van der Waals surface area contributed by atoms with Crippen molar-refractivity contribution in [2.75, 3.05) is 0 Å². The third-order valence-electron chi connectivity index (χ3n) is 6.48. The highest BCUT2D eigenvalue weighted by Gasteiger charge is 2.42. The number of ether oxygens (including phenoxy) is 1. The predicted molar refractivity (Wildman–Crippen MR) is 98.2 cm³/mol. The molecule has 1 heterocycles. The van der Waals surface area contributed by atoms with Gasteiger partial charge in [0.2, 0.25) is 5.91 Å². The lowest BCUT2D eigenvalue weighted by molar-refractivity contribution is -0.129. The number of benzene rings is 1. The van der Waals surface area contributed by atoms with Crippen molar-refractivity contribution < 1.29 is 9.53 Å². The van der Waals surface area contributed by atoms with E-state index < -0.39 is 0 Å². The van der Waals surface area contributed by atoms with E-state index in [1.165, 1.54) is 19.3 Å². The Morgan fingerprint density at radius 1 is 1.20 bits per heavy atom. The summed E-state index contributed by atoms with van der Waals surface area (Å²) in [6.07, 6.45) is 6.37. The Morgan fingerprint density at radius 2 is 1.88 bits per heavy atom. The first kappa shape index (κ1) is 16.9. The summed E-state index contributed by atoms with van der Waals surface area (Å²) < 4.78 is 6.08. The van der Waals surface area contributed by atoms with Gasteiger partial charge in [0.05, 0.1) is 6.04 Å². The van der Waals surface area contributed by atoms with Gasteiger partial charge in [0.1, 0.15) is 11.4 Å². The van der Waals surface area contributed by atoms with Gasteiger partial charge in [-0.25, -0.2) is 0 Å². The number of nitrogens with two attached hydrogens (primary N) is 1. The number of rotatable bonds is 2. The third-order valence-corrected chi connectivity index (χ3v) is 6.48. The molecule has 1 aliphatic heterocycles. The lowest BCUT2D eigenvalue weighted by Gasteiger charge is -2.44. The molecule has 0 radical (unpaired) electrons. The number of carbonyl (C=O) groups is 1. The molecule has 2 bridgehead atoms. The largest absolute Gasteiger partial charge is 0.487 e. The summed E-state index contributed by atoms with van der Waals surface area (Å²) in [6, 6.07) is 8.41. The zero-order valence-electron chi connectivity index (χ0n) is 15.3. The number of para-hydroxylation sites is 1. The van der Waals surface area contributed by atoms with Crippen LogP contribution in [0, 0.1) is 17.8 Å². The quantitative estimate of drug-likeness (QED) is 0.864. The first-order chi connectivity index (χ1) is 11.9. The second-order valence-electron chi connectivity index (χ2n) is 8.86. The molecular formula is C21H30N2O2. The molecule has 3 aliphatic rings. The molecule has 4 heteroatoms. The molecule has 1 aromatic rings. The standard InChI is InChI=1S/C21H30N2O2/c1-21(2)12-17(16-8-3-4-9-18(16)25-21)23-20(24)15-10-13-6-5-7-14(11-15)19(13)22/h3-4,8-9,13-15,17,19H,5-7,10-12,22H2,1-2H3,(H,23,24). The van der Waals surface area contributed by atoms with Crippen LogP contribution in [-0.4, -0.2) is 17.6 Å². The molecule has 1 amide bonds. The minimum atomic E-state index is -0.266. The lowest BCUT2D eigenvalue weighted by atomic mass is 9.65. The van der Waals surface area contributed by atoms with E-state index in [1.54, 1.807) is 0 Å². The van der Waals surface area contributed by atoms with Crippen molar-refractivity contribution in [3.63, 3.8) is 0 Å². The predicted octanol–water partition coefficient (Wildman–Crippen LogP) is 3.56. The van der Waals surface area contributed by atoms with Crippen molar-refractivity contribution in [1.82, 2.24) is 5.32 Å². The first-order valence-electron chi connectivity index (χ1n) is 9.77. The van der Waals surface area contributed by atoms with Gasteiger partial charge in [-0.15, -0.1) is 0 Å². The highest BCUT2D eigenvalue weighted by atomic mass is 16.5. The Balaban J connectivity index is 1.49. The molecule has 1 aromatic carbocycles. The van der Waals surface area contributed by atoms with E-state index in [0.29, 0.717) is 17.9 Å². The number of nitrogens with one attached hydrogen (secondary N) is 1. The molecule has 25 heavy (non-hydrogen) atoms. The van der Waals surface area contributed by atoms with Crippen LogP contribution >= 0.6 is 0 Å². The first-order valence-corrected chi connectivity index (χ1v) is 9.77. The van der Waals surface area contributed by atoms with Gasteiger partial charge < -0.3 is 15.8 Å². The van der Waals surface area contributed by atoms with Crippen LogP contribution in [0.5, 0.6) is 5.75 Å². The van der Waals surface area contributed by atoms with Gasteiger partial charge in [0.15, 0.2) is 0 Å². The summed E-state index contributed by atoms with van der Waals surface area (Å²) in [5.41, 5.74) is 7.22. The molecule has 4 nitrogen and oxygen atoms in total. The summed E-state index contributed by atoms with van der Waals surface area (Å²) in [5.74, 6) is 2.28. The normalized spacial score (nSPS) is 36.0. The summed E-state index contributed by atoms with van der Waals surface area (Å²) in [7, 11) is 0. The van der Waals surface area contributed by atoms with Gasteiger partial charge in [0, 0.05) is 23.9 Å². The average Bonchev–Trinajstić information content (AvgIpc) is 2.53. The van der Waals surface area contributed by atoms with Crippen LogP contribution in [0.1, 0.15) is 64.0 Å². The zero-order valence-corrected chi connectivity index (χ0v) is 15.3. The van der Waals surface area contributed by atoms with Crippen LogP contribution < -0.4 is 15.8 Å². The molecule has 136 valence electrons. The average molecular weight is 342 g/mol. The molecule has 0 saturated heterocycles. The topological polar surface area (TPSA) is 64.4 Å². The Morgan fingerprint density at radius 3 is 2.60 bits per heavy atom. The minimum absolute atomic E-state index is 0.0305. The summed E-state index contributed by atoms with van der Waals surface area (Å²) in [5, 5.41) is 3.34. The highest BCUT2D eigenvalue weighted by molar-refractivity contribution is 5.79. The molecule has 2 saturated carbocycles. The SMILES string of the molecule is CC1(C)CC(NC(=O)C2CC3CCCC(C2)C3N)c2ccccc2O1. The van der Waals surface area contributed by atoms with Gasteiger partial charge in [0.25, 0.3) is 0 Å². The molecule has 2 aliphatic carbocycles. The van der Waals surface area contributed by atoms with Crippen LogP contribution in [-0.2, 0) is 4.79 Å². The van der Waals surface area contributed by atoms with Crippen LogP contribution in [0.4, 0.5) is 0 Å². The van der Waals surface area contributed by atoms with Gasteiger partial charge in [-0.05, 0) is 57.4 Å². The van der Waals surface area contributed by atoms with Crippen LogP contribution in [0.25, 0.3) is 0 Å². The molecule has 4 rings (SSSR count). The van der Waals surface area contributed by atoms with E-state index in [1.807, 2.05) is 18.2 Å². The van der Waals surface area contributed by atoms with Gasteiger partial charge in [-0.2, -0.15) is 0 Å². The lowest BCUT2D eigenvalue weighted by Crippen LogP contribution is -2.50. The maximum absolute atomic E-state index is 13.0. The molecule has 3 atom stereocenters. The fourth-order valence-corrected chi connectivity index (χ4v) is 5.22. The fourth-order valence-electron chi connectivity index (χ4n) is 5.22. The van der Waals surface area contributed by atoms with Gasteiger partial charge in [-0.3, -0.25) is 4.79 Å². The molecular weight excluding hydrogens is 312 g/mol. The summed E-state index contributed by atoms with van der Waals surface area (Å²) >= 11 is 0. The number of amides is 1. The van der Waals surface area contributed by atoms with E-state index in [9.17, 15) is 4.79 Å². The number of fused-ring (bicyclic) bond motifs is 3. The van der Waals surface area contributed by atoms with Crippen molar-refractivity contribution in [2.24, 2.45) is 23.5 Å². The highest BCUT2D eigenvalue weighted by Crippen LogP contribution is 2.43. The Hall–Kier alpha value is -1.55.